The summed E-state index contributed by atoms with van der Waals surface area (Å²) in [6, 6.07) is 20.6. The van der Waals surface area contributed by atoms with Crippen molar-refractivity contribution >= 4 is 39.3 Å². The number of hydrogen-bond donors (Lipinski definition) is 5. The molecule has 192 valence electrons. The molecule has 2 amide bonds. The first kappa shape index (κ1) is 25.1. The number of aliphatic hydroxyl groups is 1. The van der Waals surface area contributed by atoms with E-state index < -0.39 is 11.7 Å². The van der Waals surface area contributed by atoms with Crippen LogP contribution in [0.1, 0.15) is 31.8 Å². The van der Waals surface area contributed by atoms with E-state index in [4.69, 9.17) is 10.8 Å². The summed E-state index contributed by atoms with van der Waals surface area (Å²) in [6.07, 6.45) is 0. The quantitative estimate of drug-likeness (QED) is 0.191. The minimum absolute atomic E-state index is 0.0583. The molecule has 0 unspecified atom stereocenters. The lowest BCUT2D eigenvalue weighted by Crippen LogP contribution is -2.17. The van der Waals surface area contributed by atoms with Crippen molar-refractivity contribution in [3.05, 3.63) is 101 Å². The first-order valence-corrected chi connectivity index (χ1v) is 12.2. The number of anilines is 1. The predicted octanol–water partition coefficient (Wildman–Crippen LogP) is 4.87. The molecule has 0 saturated carbocycles. The highest BCUT2D eigenvalue weighted by Gasteiger charge is 2.19. The Balaban J connectivity index is 1.61. The van der Waals surface area contributed by atoms with Gasteiger partial charge in [-0.25, -0.2) is 4.39 Å². The number of fused-ring (bicyclic) bond motifs is 3. The van der Waals surface area contributed by atoms with Crippen molar-refractivity contribution in [2.24, 2.45) is 5.73 Å². The van der Waals surface area contributed by atoms with Gasteiger partial charge in [-0.15, -0.1) is 0 Å². The molecular formula is C30H27FN4O3. The number of nitrogens with two attached hydrogens (primary N) is 1. The standard InChI is InChI=1S/C30H27FN4O3/c1-17-21(3-2-4-25(17)35-30(38)19-6-8-20(31)9-7-19)22-11-12-24(29(32)37)28-27(22)23-10-5-18(15-26(23)34-28)16-33-13-14-36/h2-12,15,33-34,36H,13-14,16H2,1H3,(H2,32,37)(H,35,38). The maximum absolute atomic E-state index is 13.3. The smallest absolute Gasteiger partial charge is 0.255 e. The Labute approximate surface area is 218 Å². The molecule has 1 aromatic heterocycles. The van der Waals surface area contributed by atoms with Crippen LogP contribution in [0.3, 0.4) is 0 Å². The number of rotatable bonds is 8. The topological polar surface area (TPSA) is 120 Å². The maximum atomic E-state index is 13.3. The molecule has 0 aliphatic heterocycles. The average molecular weight is 511 g/mol. The Morgan fingerprint density at radius 3 is 2.53 bits per heavy atom. The summed E-state index contributed by atoms with van der Waals surface area (Å²) in [5.74, 6) is -1.28. The second kappa shape index (κ2) is 10.5. The van der Waals surface area contributed by atoms with Crippen LogP contribution >= 0.6 is 0 Å². The Kier molecular flexibility index (Phi) is 6.91. The van der Waals surface area contributed by atoms with Crippen molar-refractivity contribution in [1.82, 2.24) is 10.3 Å². The van der Waals surface area contributed by atoms with Crippen LogP contribution in [0.5, 0.6) is 0 Å². The van der Waals surface area contributed by atoms with Crippen LogP contribution in [0.15, 0.2) is 72.8 Å². The normalized spacial score (nSPS) is 11.2. The van der Waals surface area contributed by atoms with Crippen LogP contribution in [0.25, 0.3) is 32.9 Å². The third kappa shape index (κ3) is 4.74. The second-order valence-electron chi connectivity index (χ2n) is 9.12. The number of carbonyl (C=O) groups is 2. The summed E-state index contributed by atoms with van der Waals surface area (Å²) in [6.45, 7) is 3.07. The zero-order valence-corrected chi connectivity index (χ0v) is 20.8. The van der Waals surface area contributed by atoms with E-state index in [-0.39, 0.29) is 12.5 Å². The van der Waals surface area contributed by atoms with Gasteiger partial charge in [-0.2, -0.15) is 0 Å². The van der Waals surface area contributed by atoms with Gasteiger partial charge in [0.1, 0.15) is 5.82 Å². The molecule has 0 aliphatic carbocycles. The van der Waals surface area contributed by atoms with Crippen LogP contribution in [-0.2, 0) is 6.54 Å². The van der Waals surface area contributed by atoms with Crippen LogP contribution in [0, 0.1) is 12.7 Å². The van der Waals surface area contributed by atoms with Gasteiger partial charge < -0.3 is 26.5 Å². The number of nitrogens with one attached hydrogen (secondary N) is 3. The number of hydrogen-bond acceptors (Lipinski definition) is 4. The van der Waals surface area contributed by atoms with Crippen molar-refractivity contribution in [1.29, 1.82) is 0 Å². The van der Waals surface area contributed by atoms with Gasteiger partial charge in [0.25, 0.3) is 11.8 Å². The third-order valence-electron chi connectivity index (χ3n) is 6.68. The fourth-order valence-electron chi connectivity index (χ4n) is 4.77. The van der Waals surface area contributed by atoms with E-state index >= 15 is 0 Å². The average Bonchev–Trinajstić information content (AvgIpc) is 3.28. The van der Waals surface area contributed by atoms with Gasteiger partial charge in [0.05, 0.1) is 17.7 Å². The highest BCUT2D eigenvalue weighted by molar-refractivity contribution is 6.20. The van der Waals surface area contributed by atoms with E-state index in [1.807, 2.05) is 49.4 Å². The molecule has 38 heavy (non-hydrogen) atoms. The fraction of sp³-hybridized carbons (Fsp3) is 0.133. The molecule has 7 nitrogen and oxygen atoms in total. The van der Waals surface area contributed by atoms with Gasteiger partial charge in [0.15, 0.2) is 0 Å². The zero-order chi connectivity index (χ0) is 26.8. The van der Waals surface area contributed by atoms with E-state index in [0.29, 0.717) is 35.4 Å². The molecule has 0 spiro atoms. The lowest BCUT2D eigenvalue weighted by Gasteiger charge is -2.15. The van der Waals surface area contributed by atoms with Crippen molar-refractivity contribution < 1.29 is 19.1 Å². The summed E-state index contributed by atoms with van der Waals surface area (Å²) in [5.41, 5.74) is 12.2. The van der Waals surface area contributed by atoms with Crippen LogP contribution in [-0.4, -0.2) is 35.1 Å². The molecule has 8 heteroatoms. The maximum Gasteiger partial charge on any atom is 0.255 e. The monoisotopic (exact) mass is 510 g/mol. The number of benzene rings is 4. The van der Waals surface area contributed by atoms with E-state index in [1.54, 1.807) is 6.07 Å². The SMILES string of the molecule is Cc1c(NC(=O)c2ccc(F)cc2)cccc1-c1ccc(C(N)=O)c2[nH]c3cc(CNCCO)ccc3c12. The number of halogens is 1. The summed E-state index contributed by atoms with van der Waals surface area (Å²) >= 11 is 0. The van der Waals surface area contributed by atoms with Gasteiger partial charge in [-0.05, 0) is 71.6 Å². The van der Waals surface area contributed by atoms with Gasteiger partial charge in [-0.1, -0.05) is 30.3 Å². The van der Waals surface area contributed by atoms with Crippen molar-refractivity contribution in [2.75, 3.05) is 18.5 Å². The summed E-state index contributed by atoms with van der Waals surface area (Å²) < 4.78 is 13.3. The van der Waals surface area contributed by atoms with Crippen molar-refractivity contribution in [3.63, 3.8) is 0 Å². The van der Waals surface area contributed by atoms with Gasteiger partial charge in [-0.3, -0.25) is 9.59 Å². The molecule has 4 aromatic carbocycles. The highest BCUT2D eigenvalue weighted by Crippen LogP contribution is 2.39. The minimum atomic E-state index is -0.532. The number of carbonyl (C=O) groups excluding carboxylic acids is 2. The van der Waals surface area contributed by atoms with Crippen LogP contribution < -0.4 is 16.4 Å². The molecule has 1 heterocycles. The molecular weight excluding hydrogens is 483 g/mol. The lowest BCUT2D eigenvalue weighted by atomic mass is 9.93. The predicted molar refractivity (Wildman–Crippen MR) is 148 cm³/mol. The Bertz CT molecular complexity index is 1680. The molecule has 0 radical (unpaired) electrons. The Hall–Kier alpha value is -4.53. The van der Waals surface area contributed by atoms with E-state index in [9.17, 15) is 14.0 Å². The largest absolute Gasteiger partial charge is 0.395 e. The van der Waals surface area contributed by atoms with E-state index in [0.717, 1.165) is 38.5 Å². The van der Waals surface area contributed by atoms with Crippen LogP contribution in [0.4, 0.5) is 10.1 Å². The minimum Gasteiger partial charge on any atom is -0.395 e. The highest BCUT2D eigenvalue weighted by atomic mass is 19.1. The number of aromatic amines is 1. The number of aromatic nitrogens is 1. The second-order valence-corrected chi connectivity index (χ2v) is 9.12. The van der Waals surface area contributed by atoms with Crippen LogP contribution in [0.2, 0.25) is 0 Å². The molecule has 0 bridgehead atoms. The number of primary amides is 1. The molecule has 5 aromatic rings. The van der Waals surface area contributed by atoms with Crippen molar-refractivity contribution in [2.45, 2.75) is 13.5 Å². The van der Waals surface area contributed by atoms with Crippen molar-refractivity contribution in [3.8, 4) is 11.1 Å². The van der Waals surface area contributed by atoms with Gasteiger partial charge >= 0.3 is 0 Å². The Morgan fingerprint density at radius 2 is 1.79 bits per heavy atom. The molecule has 0 atom stereocenters. The first-order chi connectivity index (χ1) is 18.4. The van der Waals surface area contributed by atoms with Gasteiger partial charge in [0.2, 0.25) is 0 Å². The number of H-pyrrole nitrogens is 1. The number of aliphatic hydroxyl groups excluding tert-OH is 1. The Morgan fingerprint density at radius 1 is 1.00 bits per heavy atom. The van der Waals surface area contributed by atoms with E-state index in [2.05, 4.69) is 15.6 Å². The fourth-order valence-corrected chi connectivity index (χ4v) is 4.77. The van der Waals surface area contributed by atoms with E-state index in [1.165, 1.54) is 24.3 Å². The number of amides is 2. The summed E-state index contributed by atoms with van der Waals surface area (Å²) in [7, 11) is 0. The first-order valence-electron chi connectivity index (χ1n) is 12.2. The summed E-state index contributed by atoms with van der Waals surface area (Å²) in [5, 5.41) is 16.9. The molecule has 6 N–H and O–H groups in total. The lowest BCUT2D eigenvalue weighted by molar-refractivity contribution is 0.0999. The van der Waals surface area contributed by atoms with Gasteiger partial charge in [0, 0.05) is 40.6 Å². The molecule has 0 saturated heterocycles. The molecule has 0 fully saturated rings. The summed E-state index contributed by atoms with van der Waals surface area (Å²) in [4.78, 5) is 28.5. The third-order valence-corrected chi connectivity index (χ3v) is 6.68. The molecule has 5 rings (SSSR count). The molecule has 0 aliphatic rings. The zero-order valence-electron chi connectivity index (χ0n) is 20.8.